The van der Waals surface area contributed by atoms with Crippen LogP contribution in [-0.2, 0) is 0 Å². The maximum atomic E-state index is 5.84. The summed E-state index contributed by atoms with van der Waals surface area (Å²) in [7, 11) is 0. The molecular weight excluding hydrogens is 206 g/mol. The Morgan fingerprint density at radius 3 is 3.15 bits per heavy atom. The minimum Gasteiger partial charge on any atom is -0.369 e. The Labute approximate surface area is 87.3 Å². The number of nitrogens with zero attached hydrogens (tertiary/aromatic N) is 2. The fourth-order valence-electron chi connectivity index (χ4n) is 0.866. The molecule has 72 valence electrons. The first-order chi connectivity index (χ1) is 6.34. The molecule has 1 N–H and O–H groups in total. The Bertz CT molecular complexity index is 257. The van der Waals surface area contributed by atoms with E-state index in [4.69, 9.17) is 11.6 Å². The maximum Gasteiger partial charge on any atom is 0.148 e. The van der Waals surface area contributed by atoms with E-state index in [-0.39, 0.29) is 0 Å². The van der Waals surface area contributed by atoms with Gasteiger partial charge in [-0.25, -0.2) is 9.97 Å². The van der Waals surface area contributed by atoms with Crippen molar-refractivity contribution in [3.63, 3.8) is 0 Å². The van der Waals surface area contributed by atoms with Crippen molar-refractivity contribution >= 4 is 29.2 Å². The van der Waals surface area contributed by atoms with Gasteiger partial charge in [-0.3, -0.25) is 0 Å². The highest BCUT2D eigenvalue weighted by atomic mass is 35.5. The fraction of sp³-hybridized carbons (Fsp3) is 0.500. The van der Waals surface area contributed by atoms with Gasteiger partial charge >= 0.3 is 0 Å². The molecular formula is C8H12ClN3S. The van der Waals surface area contributed by atoms with Gasteiger partial charge in [-0.15, -0.1) is 0 Å². The molecule has 5 heteroatoms. The average molecular weight is 218 g/mol. The average Bonchev–Trinajstić information content (AvgIpc) is 2.15. The first-order valence-electron chi connectivity index (χ1n) is 4.03. The van der Waals surface area contributed by atoms with Crippen LogP contribution in [0.2, 0.25) is 5.02 Å². The van der Waals surface area contributed by atoms with E-state index in [1.807, 2.05) is 11.8 Å². The zero-order chi connectivity index (χ0) is 9.52. The molecule has 1 aromatic heterocycles. The van der Waals surface area contributed by atoms with Gasteiger partial charge in [0.15, 0.2) is 0 Å². The first kappa shape index (κ1) is 10.6. The lowest BCUT2D eigenvalue weighted by Gasteiger charge is -2.04. The van der Waals surface area contributed by atoms with Crippen molar-refractivity contribution in [2.24, 2.45) is 0 Å². The van der Waals surface area contributed by atoms with E-state index in [1.165, 1.54) is 6.33 Å². The van der Waals surface area contributed by atoms with E-state index in [9.17, 15) is 0 Å². The Balaban J connectivity index is 2.32. The maximum absolute atomic E-state index is 5.84. The Hall–Kier alpha value is -0.480. The van der Waals surface area contributed by atoms with Gasteiger partial charge in [0.05, 0.1) is 6.20 Å². The molecule has 3 nitrogen and oxygen atoms in total. The number of rotatable bonds is 5. The second-order valence-electron chi connectivity index (χ2n) is 2.49. The second-order valence-corrected chi connectivity index (χ2v) is 3.89. The van der Waals surface area contributed by atoms with Gasteiger partial charge in [0, 0.05) is 6.54 Å². The van der Waals surface area contributed by atoms with Gasteiger partial charge in [-0.05, 0) is 18.4 Å². The Morgan fingerprint density at radius 2 is 2.46 bits per heavy atom. The summed E-state index contributed by atoms with van der Waals surface area (Å²) in [5.41, 5.74) is 0. The number of anilines is 1. The second kappa shape index (κ2) is 6.05. The molecule has 0 atom stereocenters. The van der Waals surface area contributed by atoms with Gasteiger partial charge in [0.2, 0.25) is 0 Å². The molecule has 0 saturated heterocycles. The predicted molar refractivity (Wildman–Crippen MR) is 58.5 cm³/mol. The zero-order valence-electron chi connectivity index (χ0n) is 7.46. The molecule has 0 aromatic carbocycles. The van der Waals surface area contributed by atoms with E-state index in [0.29, 0.717) is 5.02 Å². The third-order valence-electron chi connectivity index (χ3n) is 1.49. The van der Waals surface area contributed by atoms with E-state index in [1.54, 1.807) is 6.20 Å². The standard InChI is InChI=1S/C8H12ClN3S/c1-13-4-2-3-11-8-7(9)5-10-6-12-8/h5-6H,2-4H2,1H3,(H,10,11,12). The molecule has 0 bridgehead atoms. The van der Waals surface area contributed by atoms with Crippen LogP contribution < -0.4 is 5.32 Å². The molecule has 0 aliphatic carbocycles. The van der Waals surface area contributed by atoms with Crippen LogP contribution >= 0.6 is 23.4 Å². The SMILES string of the molecule is CSCCCNc1ncncc1Cl. The molecule has 13 heavy (non-hydrogen) atoms. The van der Waals surface area contributed by atoms with Crippen molar-refractivity contribution in [2.45, 2.75) is 6.42 Å². The van der Waals surface area contributed by atoms with Crippen LogP contribution in [0.1, 0.15) is 6.42 Å². The monoisotopic (exact) mass is 217 g/mol. The van der Waals surface area contributed by atoms with Crippen molar-refractivity contribution in [1.29, 1.82) is 0 Å². The van der Waals surface area contributed by atoms with Crippen LogP contribution in [0.5, 0.6) is 0 Å². The highest BCUT2D eigenvalue weighted by Gasteiger charge is 1.98. The van der Waals surface area contributed by atoms with Gasteiger partial charge in [-0.1, -0.05) is 11.6 Å². The minimum absolute atomic E-state index is 0.576. The molecule has 0 fully saturated rings. The molecule has 0 radical (unpaired) electrons. The van der Waals surface area contributed by atoms with Crippen LogP contribution in [0.15, 0.2) is 12.5 Å². The molecule has 0 unspecified atom stereocenters. The summed E-state index contributed by atoms with van der Waals surface area (Å²) in [6.45, 7) is 0.900. The third kappa shape index (κ3) is 3.83. The normalized spacial score (nSPS) is 10.0. The van der Waals surface area contributed by atoms with Crippen molar-refractivity contribution in [2.75, 3.05) is 23.9 Å². The van der Waals surface area contributed by atoms with Gasteiger partial charge < -0.3 is 5.32 Å². The summed E-state index contributed by atoms with van der Waals surface area (Å²) in [6, 6.07) is 0. The summed E-state index contributed by atoms with van der Waals surface area (Å²) >= 11 is 7.68. The lowest BCUT2D eigenvalue weighted by molar-refractivity contribution is 0.976. The van der Waals surface area contributed by atoms with Gasteiger partial charge in [-0.2, -0.15) is 11.8 Å². The molecule has 0 saturated carbocycles. The highest BCUT2D eigenvalue weighted by molar-refractivity contribution is 7.98. The number of hydrogen-bond donors (Lipinski definition) is 1. The summed E-state index contributed by atoms with van der Waals surface area (Å²) in [6.07, 6.45) is 6.29. The first-order valence-corrected chi connectivity index (χ1v) is 5.80. The van der Waals surface area contributed by atoms with E-state index in [0.717, 1.165) is 24.5 Å². The van der Waals surface area contributed by atoms with E-state index < -0.39 is 0 Å². The summed E-state index contributed by atoms with van der Waals surface area (Å²) in [5, 5.41) is 3.73. The third-order valence-corrected chi connectivity index (χ3v) is 2.46. The zero-order valence-corrected chi connectivity index (χ0v) is 9.03. The van der Waals surface area contributed by atoms with E-state index >= 15 is 0 Å². The van der Waals surface area contributed by atoms with Gasteiger partial charge in [0.1, 0.15) is 17.2 Å². The summed E-state index contributed by atoms with van der Waals surface area (Å²) in [5.74, 6) is 1.87. The van der Waals surface area contributed by atoms with Crippen LogP contribution in [0.3, 0.4) is 0 Å². The number of halogens is 1. The summed E-state index contributed by atoms with van der Waals surface area (Å²) < 4.78 is 0. The van der Waals surface area contributed by atoms with Crippen molar-refractivity contribution in [3.8, 4) is 0 Å². The Kier molecular flexibility index (Phi) is 4.93. The Morgan fingerprint density at radius 1 is 1.62 bits per heavy atom. The van der Waals surface area contributed by atoms with Crippen LogP contribution in [0, 0.1) is 0 Å². The molecule has 0 aliphatic heterocycles. The lowest BCUT2D eigenvalue weighted by atomic mass is 10.4. The van der Waals surface area contributed by atoms with Crippen molar-refractivity contribution < 1.29 is 0 Å². The fourth-order valence-corrected chi connectivity index (χ4v) is 1.47. The number of thioether (sulfide) groups is 1. The molecule has 0 aliphatic rings. The van der Waals surface area contributed by atoms with Crippen LogP contribution in [0.25, 0.3) is 0 Å². The lowest BCUT2D eigenvalue weighted by Crippen LogP contribution is -2.04. The minimum atomic E-state index is 0.576. The molecule has 0 spiro atoms. The van der Waals surface area contributed by atoms with Crippen LogP contribution in [0.4, 0.5) is 5.82 Å². The van der Waals surface area contributed by atoms with Crippen molar-refractivity contribution in [3.05, 3.63) is 17.5 Å². The number of hydrogen-bond acceptors (Lipinski definition) is 4. The molecule has 0 amide bonds. The highest BCUT2D eigenvalue weighted by Crippen LogP contribution is 2.15. The van der Waals surface area contributed by atoms with Crippen LogP contribution in [-0.4, -0.2) is 28.5 Å². The van der Waals surface area contributed by atoms with E-state index in [2.05, 4.69) is 21.5 Å². The number of aromatic nitrogens is 2. The largest absolute Gasteiger partial charge is 0.369 e. The molecule has 1 aromatic rings. The predicted octanol–water partition coefficient (Wildman–Crippen LogP) is 2.29. The van der Waals surface area contributed by atoms with Gasteiger partial charge in [0.25, 0.3) is 0 Å². The summed E-state index contributed by atoms with van der Waals surface area (Å²) in [4.78, 5) is 7.82. The quantitative estimate of drug-likeness (QED) is 0.769. The topological polar surface area (TPSA) is 37.8 Å². The molecule has 1 heterocycles. The van der Waals surface area contributed by atoms with Crippen molar-refractivity contribution in [1.82, 2.24) is 9.97 Å². The number of nitrogens with one attached hydrogen (secondary N) is 1. The smallest absolute Gasteiger partial charge is 0.148 e. The molecule has 1 rings (SSSR count).